The Labute approximate surface area is 132 Å². The maximum Gasteiger partial charge on any atom is 0.222 e. The number of rotatable bonds is 6. The zero-order valence-corrected chi connectivity index (χ0v) is 12.8. The van der Waals surface area contributed by atoms with E-state index in [1.54, 1.807) is 25.1 Å². The first kappa shape index (κ1) is 16.2. The number of anilines is 1. The van der Waals surface area contributed by atoms with Crippen molar-refractivity contribution in [2.45, 2.75) is 13.3 Å². The van der Waals surface area contributed by atoms with Crippen molar-refractivity contribution in [3.8, 4) is 0 Å². The normalized spacial score (nSPS) is 12.0. The van der Waals surface area contributed by atoms with Crippen LogP contribution in [-0.4, -0.2) is 22.4 Å². The van der Waals surface area contributed by atoms with Crippen LogP contribution in [0.2, 0.25) is 5.15 Å². The monoisotopic (exact) mass is 322 g/mol. The zero-order chi connectivity index (χ0) is 16.1. The van der Waals surface area contributed by atoms with Crippen molar-refractivity contribution in [2.75, 3.05) is 11.9 Å². The standard InChI is InChI=1S/C15H16ClFN4O/c1-9-20-13(16)7-14(21-9)19-8-11(15(18)22)6-10-2-4-12(17)5-3-10/h2-5,7,11H,6,8H2,1H3,(H2,18,22)(H,19,20,21)/t11-/m1/s1. The summed E-state index contributed by atoms with van der Waals surface area (Å²) in [6, 6.07) is 7.56. The second kappa shape index (κ2) is 7.17. The molecule has 0 spiro atoms. The second-order valence-electron chi connectivity index (χ2n) is 4.93. The van der Waals surface area contributed by atoms with Gasteiger partial charge in [-0.15, -0.1) is 0 Å². The highest BCUT2D eigenvalue weighted by atomic mass is 35.5. The second-order valence-corrected chi connectivity index (χ2v) is 5.32. The molecule has 0 saturated heterocycles. The van der Waals surface area contributed by atoms with Gasteiger partial charge >= 0.3 is 0 Å². The summed E-state index contributed by atoms with van der Waals surface area (Å²) in [5.41, 5.74) is 6.26. The van der Waals surface area contributed by atoms with Crippen LogP contribution < -0.4 is 11.1 Å². The number of carbonyl (C=O) groups excluding carboxylic acids is 1. The largest absolute Gasteiger partial charge is 0.369 e. The van der Waals surface area contributed by atoms with E-state index in [2.05, 4.69) is 15.3 Å². The van der Waals surface area contributed by atoms with Gasteiger partial charge in [-0.2, -0.15) is 0 Å². The van der Waals surface area contributed by atoms with Gasteiger partial charge in [0.15, 0.2) is 0 Å². The zero-order valence-electron chi connectivity index (χ0n) is 12.0. The molecular formula is C15H16ClFN4O. The minimum atomic E-state index is -0.445. The number of carbonyl (C=O) groups is 1. The Kier molecular flexibility index (Phi) is 5.27. The molecule has 7 heteroatoms. The molecule has 1 aromatic carbocycles. The van der Waals surface area contributed by atoms with Crippen LogP contribution in [0, 0.1) is 18.7 Å². The van der Waals surface area contributed by atoms with Crippen LogP contribution in [0.25, 0.3) is 0 Å². The fraction of sp³-hybridized carbons (Fsp3) is 0.267. The van der Waals surface area contributed by atoms with Gasteiger partial charge < -0.3 is 11.1 Å². The molecule has 116 valence electrons. The number of aryl methyl sites for hydroxylation is 1. The number of hydrogen-bond donors (Lipinski definition) is 2. The highest BCUT2D eigenvalue weighted by molar-refractivity contribution is 6.29. The predicted octanol–water partition coefficient (Wildman–Crippen LogP) is 2.33. The van der Waals surface area contributed by atoms with Crippen molar-refractivity contribution < 1.29 is 9.18 Å². The van der Waals surface area contributed by atoms with Crippen molar-refractivity contribution in [3.05, 3.63) is 52.7 Å². The van der Waals surface area contributed by atoms with Gasteiger partial charge in [0.25, 0.3) is 0 Å². The fourth-order valence-corrected chi connectivity index (χ4v) is 2.25. The molecule has 2 aromatic rings. The molecule has 0 aliphatic carbocycles. The summed E-state index contributed by atoms with van der Waals surface area (Å²) in [4.78, 5) is 19.7. The lowest BCUT2D eigenvalue weighted by Gasteiger charge is -2.15. The van der Waals surface area contributed by atoms with Crippen LogP contribution in [0.15, 0.2) is 30.3 Å². The quantitative estimate of drug-likeness (QED) is 0.800. The molecule has 5 nitrogen and oxygen atoms in total. The first-order chi connectivity index (χ1) is 10.4. The highest BCUT2D eigenvalue weighted by Crippen LogP contribution is 2.14. The topological polar surface area (TPSA) is 80.9 Å². The molecule has 0 aliphatic rings. The van der Waals surface area contributed by atoms with E-state index in [1.165, 1.54) is 12.1 Å². The van der Waals surface area contributed by atoms with E-state index < -0.39 is 11.8 Å². The molecule has 1 amide bonds. The molecule has 22 heavy (non-hydrogen) atoms. The molecule has 0 radical (unpaired) electrons. The number of nitrogens with one attached hydrogen (secondary N) is 1. The number of nitrogens with two attached hydrogens (primary N) is 1. The van der Waals surface area contributed by atoms with E-state index in [0.717, 1.165) is 5.56 Å². The van der Waals surface area contributed by atoms with Crippen molar-refractivity contribution in [3.63, 3.8) is 0 Å². The summed E-state index contributed by atoms with van der Waals surface area (Å²) in [7, 11) is 0. The van der Waals surface area contributed by atoms with Crippen LogP contribution in [0.3, 0.4) is 0 Å². The lowest BCUT2D eigenvalue weighted by atomic mass is 9.98. The summed E-state index contributed by atoms with van der Waals surface area (Å²) in [6.45, 7) is 2.03. The first-order valence-electron chi connectivity index (χ1n) is 6.73. The molecule has 1 aromatic heterocycles. The van der Waals surface area contributed by atoms with Gasteiger partial charge in [-0.3, -0.25) is 4.79 Å². The lowest BCUT2D eigenvalue weighted by Crippen LogP contribution is -2.31. The summed E-state index contributed by atoms with van der Waals surface area (Å²) < 4.78 is 12.9. The van der Waals surface area contributed by atoms with Crippen LogP contribution >= 0.6 is 11.6 Å². The number of aromatic nitrogens is 2. The Hall–Kier alpha value is -2.21. The van der Waals surface area contributed by atoms with E-state index >= 15 is 0 Å². The summed E-state index contributed by atoms with van der Waals surface area (Å²) in [5.74, 6) is -0.135. The fourth-order valence-electron chi connectivity index (χ4n) is 2.03. The first-order valence-corrected chi connectivity index (χ1v) is 7.10. The van der Waals surface area contributed by atoms with Gasteiger partial charge in [-0.05, 0) is 31.0 Å². The Morgan fingerprint density at radius 1 is 1.36 bits per heavy atom. The average Bonchev–Trinajstić information content (AvgIpc) is 2.44. The molecule has 0 unspecified atom stereocenters. The number of amides is 1. The average molecular weight is 323 g/mol. The number of halogens is 2. The minimum absolute atomic E-state index is 0.305. The van der Waals surface area contributed by atoms with Gasteiger partial charge in [-0.1, -0.05) is 23.7 Å². The van der Waals surface area contributed by atoms with Crippen LogP contribution in [0.4, 0.5) is 10.2 Å². The van der Waals surface area contributed by atoms with Gasteiger partial charge in [-0.25, -0.2) is 14.4 Å². The van der Waals surface area contributed by atoms with Crippen molar-refractivity contribution in [2.24, 2.45) is 11.7 Å². The predicted molar refractivity (Wildman–Crippen MR) is 83.1 cm³/mol. The number of primary amides is 1. The molecular weight excluding hydrogens is 307 g/mol. The van der Waals surface area contributed by atoms with Gasteiger partial charge in [0, 0.05) is 12.6 Å². The molecule has 0 bridgehead atoms. The third-order valence-electron chi connectivity index (χ3n) is 3.13. The van der Waals surface area contributed by atoms with E-state index in [0.29, 0.717) is 29.8 Å². The molecule has 0 aliphatic heterocycles. The Bertz CT molecular complexity index is 643. The number of nitrogens with zero attached hydrogens (tertiary/aromatic N) is 2. The Morgan fingerprint density at radius 2 is 2.05 bits per heavy atom. The summed E-state index contributed by atoms with van der Waals surface area (Å²) in [5, 5.41) is 3.35. The van der Waals surface area contributed by atoms with Crippen LogP contribution in [-0.2, 0) is 11.2 Å². The van der Waals surface area contributed by atoms with Crippen LogP contribution in [0.1, 0.15) is 11.4 Å². The van der Waals surface area contributed by atoms with E-state index in [4.69, 9.17) is 17.3 Å². The lowest BCUT2D eigenvalue weighted by molar-refractivity contribution is -0.121. The Morgan fingerprint density at radius 3 is 2.64 bits per heavy atom. The molecule has 1 heterocycles. The summed E-state index contributed by atoms with van der Waals surface area (Å²) in [6.07, 6.45) is 0.417. The number of hydrogen-bond acceptors (Lipinski definition) is 4. The third-order valence-corrected chi connectivity index (χ3v) is 3.33. The smallest absolute Gasteiger partial charge is 0.222 e. The molecule has 1 atom stereocenters. The molecule has 0 fully saturated rings. The van der Waals surface area contributed by atoms with Crippen molar-refractivity contribution in [1.82, 2.24) is 9.97 Å². The minimum Gasteiger partial charge on any atom is -0.369 e. The van der Waals surface area contributed by atoms with Crippen molar-refractivity contribution >= 4 is 23.3 Å². The Balaban J connectivity index is 2.02. The van der Waals surface area contributed by atoms with Crippen LogP contribution in [0.5, 0.6) is 0 Å². The third kappa shape index (κ3) is 4.66. The highest BCUT2D eigenvalue weighted by Gasteiger charge is 2.16. The molecule has 3 N–H and O–H groups in total. The van der Waals surface area contributed by atoms with E-state index in [9.17, 15) is 9.18 Å². The van der Waals surface area contributed by atoms with Gasteiger partial charge in [0.2, 0.25) is 5.91 Å². The number of benzene rings is 1. The maximum atomic E-state index is 12.9. The van der Waals surface area contributed by atoms with E-state index in [-0.39, 0.29) is 5.82 Å². The SMILES string of the molecule is Cc1nc(Cl)cc(NC[C@@H](Cc2ccc(F)cc2)C(N)=O)n1. The maximum absolute atomic E-state index is 12.9. The molecule has 2 rings (SSSR count). The van der Waals surface area contributed by atoms with Gasteiger partial charge in [0.1, 0.15) is 22.6 Å². The van der Waals surface area contributed by atoms with E-state index in [1.807, 2.05) is 0 Å². The van der Waals surface area contributed by atoms with Crippen molar-refractivity contribution in [1.29, 1.82) is 0 Å². The summed E-state index contributed by atoms with van der Waals surface area (Å²) >= 11 is 5.85. The molecule has 0 saturated carbocycles. The van der Waals surface area contributed by atoms with Gasteiger partial charge in [0.05, 0.1) is 5.92 Å².